The maximum absolute atomic E-state index is 10.1. The van der Waals surface area contributed by atoms with Crippen LogP contribution in [0.3, 0.4) is 0 Å². The highest BCUT2D eigenvalue weighted by Gasteiger charge is 2.53. The largest absolute Gasteiger partial charge is 0.461 e. The maximum Gasteiger partial charge on any atom is 0.217 e. The van der Waals surface area contributed by atoms with Crippen LogP contribution in [0.2, 0.25) is 0 Å². The summed E-state index contributed by atoms with van der Waals surface area (Å²) in [5, 5.41) is 24.8. The fourth-order valence-electron chi connectivity index (χ4n) is 3.15. The van der Waals surface area contributed by atoms with Gasteiger partial charge in [-0.1, -0.05) is 6.08 Å². The van der Waals surface area contributed by atoms with Crippen molar-refractivity contribution < 1.29 is 24.1 Å². The molecular weight excluding hydrogens is 334 g/mol. The van der Waals surface area contributed by atoms with Crippen LogP contribution in [-0.4, -0.2) is 49.3 Å². The number of hydrogen-bond acceptors (Lipinski definition) is 7. The average Bonchev–Trinajstić information content (AvgIpc) is 3.25. The number of aromatic nitrogens is 3. The Hall–Kier alpha value is -1.78. The van der Waals surface area contributed by atoms with E-state index in [-0.39, 0.29) is 19.1 Å². The molecule has 0 radical (unpaired) electrons. The molecule has 128 valence electrons. The SMILES string of the molecule is C=CCn1c(-c2ccco2)nn([C@@H]2CC(O)(O)[C@@H]3OC[C@H]2O3)c1=S. The summed E-state index contributed by atoms with van der Waals surface area (Å²) in [7, 11) is 0. The van der Waals surface area contributed by atoms with E-state index in [0.29, 0.717) is 22.9 Å². The van der Waals surface area contributed by atoms with Crippen molar-refractivity contribution in [2.75, 3.05) is 6.61 Å². The Morgan fingerprint density at radius 3 is 3.04 bits per heavy atom. The molecule has 8 nitrogen and oxygen atoms in total. The van der Waals surface area contributed by atoms with Crippen LogP contribution in [0.4, 0.5) is 0 Å². The molecule has 4 rings (SSSR count). The third kappa shape index (κ3) is 2.36. The lowest BCUT2D eigenvalue weighted by Gasteiger charge is -2.36. The van der Waals surface area contributed by atoms with E-state index in [2.05, 4.69) is 11.7 Å². The average molecular weight is 351 g/mol. The van der Waals surface area contributed by atoms with Crippen molar-refractivity contribution in [2.24, 2.45) is 0 Å². The molecule has 2 aliphatic heterocycles. The number of furan rings is 1. The van der Waals surface area contributed by atoms with Crippen molar-refractivity contribution in [3.63, 3.8) is 0 Å². The molecule has 0 saturated carbocycles. The molecule has 2 fully saturated rings. The van der Waals surface area contributed by atoms with E-state index >= 15 is 0 Å². The summed E-state index contributed by atoms with van der Waals surface area (Å²) in [4.78, 5) is 0. The van der Waals surface area contributed by atoms with Crippen LogP contribution in [0.5, 0.6) is 0 Å². The van der Waals surface area contributed by atoms with Crippen molar-refractivity contribution in [3.05, 3.63) is 35.8 Å². The van der Waals surface area contributed by atoms with Crippen molar-refractivity contribution in [2.45, 2.75) is 37.2 Å². The second-order valence-corrected chi connectivity index (χ2v) is 6.28. The van der Waals surface area contributed by atoms with Crippen molar-refractivity contribution in [1.82, 2.24) is 14.3 Å². The fourth-order valence-corrected chi connectivity index (χ4v) is 3.49. The first kappa shape index (κ1) is 15.7. The molecule has 0 amide bonds. The van der Waals surface area contributed by atoms with E-state index in [1.54, 1.807) is 33.7 Å². The van der Waals surface area contributed by atoms with E-state index in [1.165, 1.54) is 0 Å². The van der Waals surface area contributed by atoms with Crippen LogP contribution < -0.4 is 0 Å². The van der Waals surface area contributed by atoms with Gasteiger partial charge in [-0.15, -0.1) is 11.7 Å². The third-order valence-corrected chi connectivity index (χ3v) is 4.69. The number of aliphatic hydroxyl groups is 2. The van der Waals surface area contributed by atoms with Gasteiger partial charge in [0.1, 0.15) is 6.10 Å². The molecule has 4 heterocycles. The van der Waals surface area contributed by atoms with Crippen LogP contribution in [0, 0.1) is 4.77 Å². The zero-order valence-corrected chi connectivity index (χ0v) is 13.6. The number of fused-ring (bicyclic) bond motifs is 2. The third-order valence-electron chi connectivity index (χ3n) is 4.28. The highest BCUT2D eigenvalue weighted by atomic mass is 32.1. The number of rotatable bonds is 4. The van der Waals surface area contributed by atoms with Crippen molar-refractivity contribution >= 4 is 12.2 Å². The zero-order valence-electron chi connectivity index (χ0n) is 12.7. The molecule has 2 N–H and O–H groups in total. The number of allylic oxidation sites excluding steroid dienone is 1. The van der Waals surface area contributed by atoms with E-state index in [1.807, 2.05) is 0 Å². The Morgan fingerprint density at radius 2 is 2.33 bits per heavy atom. The summed E-state index contributed by atoms with van der Waals surface area (Å²) >= 11 is 5.54. The van der Waals surface area contributed by atoms with Gasteiger partial charge >= 0.3 is 0 Å². The van der Waals surface area contributed by atoms with Gasteiger partial charge in [-0.2, -0.15) is 0 Å². The first-order valence-corrected chi connectivity index (χ1v) is 7.98. The Bertz CT molecular complexity index is 810. The quantitative estimate of drug-likeness (QED) is 0.486. The highest BCUT2D eigenvalue weighted by molar-refractivity contribution is 7.71. The van der Waals surface area contributed by atoms with E-state index < -0.39 is 18.1 Å². The molecule has 0 spiro atoms. The molecule has 0 aliphatic carbocycles. The lowest BCUT2D eigenvalue weighted by Crippen LogP contribution is -2.50. The van der Waals surface area contributed by atoms with Crippen LogP contribution in [0.15, 0.2) is 35.5 Å². The van der Waals surface area contributed by atoms with Crippen LogP contribution in [-0.2, 0) is 16.0 Å². The van der Waals surface area contributed by atoms with E-state index in [4.69, 9.17) is 26.1 Å². The number of hydrogen-bond donors (Lipinski definition) is 2. The van der Waals surface area contributed by atoms with Gasteiger partial charge in [-0.3, -0.25) is 4.57 Å². The second-order valence-electron chi connectivity index (χ2n) is 5.92. The minimum absolute atomic E-state index is 0.0132. The van der Waals surface area contributed by atoms with Gasteiger partial charge < -0.3 is 24.1 Å². The standard InChI is InChI=1S/C15H17N3O5S/c1-2-5-17-12(10-4-3-6-21-10)16-18(14(17)24)9-7-15(19,20)13-22-8-11(9)23-13/h2-4,6,9,11,13,19-20H,1,5,7-8H2/t9-,11-,13-/m1/s1. The lowest BCUT2D eigenvalue weighted by molar-refractivity contribution is -0.315. The summed E-state index contributed by atoms with van der Waals surface area (Å²) in [6, 6.07) is 3.10. The smallest absolute Gasteiger partial charge is 0.217 e. The fraction of sp³-hybridized carbons (Fsp3) is 0.467. The molecule has 2 bridgehead atoms. The molecule has 3 atom stereocenters. The van der Waals surface area contributed by atoms with Gasteiger partial charge in [0, 0.05) is 13.0 Å². The van der Waals surface area contributed by atoms with Gasteiger partial charge in [0.2, 0.25) is 12.1 Å². The van der Waals surface area contributed by atoms with Gasteiger partial charge in [-0.25, -0.2) is 4.68 Å². The molecular formula is C15H17N3O5S. The molecule has 0 unspecified atom stereocenters. The molecule has 2 saturated heterocycles. The van der Waals surface area contributed by atoms with E-state index in [0.717, 1.165) is 0 Å². The molecule has 2 aromatic heterocycles. The Kier molecular flexibility index (Phi) is 3.70. The summed E-state index contributed by atoms with van der Waals surface area (Å²) in [6.45, 7) is 4.45. The normalized spacial score (nSPS) is 28.2. The van der Waals surface area contributed by atoms with Crippen LogP contribution in [0.25, 0.3) is 11.6 Å². The molecule has 2 aromatic rings. The molecule has 9 heteroatoms. The number of ether oxygens (including phenoxy) is 2. The first-order valence-electron chi connectivity index (χ1n) is 7.57. The summed E-state index contributed by atoms with van der Waals surface area (Å²) in [5.74, 6) is -0.967. The highest BCUT2D eigenvalue weighted by Crippen LogP contribution is 2.40. The van der Waals surface area contributed by atoms with Crippen molar-refractivity contribution in [1.29, 1.82) is 0 Å². The molecule has 2 aliphatic rings. The predicted molar refractivity (Wildman–Crippen MR) is 84.4 cm³/mol. The minimum atomic E-state index is -2.08. The predicted octanol–water partition coefficient (Wildman–Crippen LogP) is 1.23. The second kappa shape index (κ2) is 5.64. The summed E-state index contributed by atoms with van der Waals surface area (Å²) in [6.07, 6.45) is 1.90. The Morgan fingerprint density at radius 1 is 1.50 bits per heavy atom. The van der Waals surface area contributed by atoms with Gasteiger partial charge in [0.15, 0.2) is 16.4 Å². The number of nitrogens with zero attached hydrogens (tertiary/aromatic N) is 3. The maximum atomic E-state index is 10.1. The minimum Gasteiger partial charge on any atom is -0.461 e. The van der Waals surface area contributed by atoms with E-state index in [9.17, 15) is 10.2 Å². The van der Waals surface area contributed by atoms with Crippen molar-refractivity contribution in [3.8, 4) is 11.6 Å². The van der Waals surface area contributed by atoms with Crippen LogP contribution >= 0.6 is 12.2 Å². The van der Waals surface area contributed by atoms with Gasteiger partial charge in [0.25, 0.3) is 0 Å². The topological polar surface area (TPSA) is 94.8 Å². The van der Waals surface area contributed by atoms with Gasteiger partial charge in [0.05, 0.1) is 18.9 Å². The summed E-state index contributed by atoms with van der Waals surface area (Å²) < 4.78 is 20.1. The zero-order chi connectivity index (χ0) is 16.9. The van der Waals surface area contributed by atoms with Crippen LogP contribution in [0.1, 0.15) is 12.5 Å². The lowest BCUT2D eigenvalue weighted by atomic mass is 9.99. The Balaban J connectivity index is 1.80. The molecule has 0 aromatic carbocycles. The summed E-state index contributed by atoms with van der Waals surface area (Å²) in [5.41, 5.74) is 0. The first-order chi connectivity index (χ1) is 11.5. The monoisotopic (exact) mass is 351 g/mol. The Labute approximate surface area is 142 Å². The van der Waals surface area contributed by atoms with Gasteiger partial charge in [-0.05, 0) is 24.4 Å². The molecule has 24 heavy (non-hydrogen) atoms.